The highest BCUT2D eigenvalue weighted by molar-refractivity contribution is 5.89. The standard InChI is InChI=1S/C30H32F2N6O3/c1-19-34-25-12-13-38(17-26(25)35-19)28(39)11-10-23(37(2)16-22-8-5-9-24(31)29(22)32)18-41-30(40)36-27-14-20-6-3-4-7-21(20)15-33-27/h3-9,14-15,23H,10-13,16-18H2,1-2H3,(H,34,35)(H,33,36,40). The summed E-state index contributed by atoms with van der Waals surface area (Å²) in [5, 5.41) is 4.49. The molecule has 41 heavy (non-hydrogen) atoms. The summed E-state index contributed by atoms with van der Waals surface area (Å²) in [5.74, 6) is -0.733. The molecule has 0 radical (unpaired) electrons. The van der Waals surface area contributed by atoms with Gasteiger partial charge in [0.1, 0.15) is 18.2 Å². The third-order valence-corrected chi connectivity index (χ3v) is 7.34. The number of aryl methyl sites for hydroxylation is 1. The molecule has 11 heteroatoms. The summed E-state index contributed by atoms with van der Waals surface area (Å²) in [4.78, 5) is 41.3. The van der Waals surface area contributed by atoms with Crippen LogP contribution in [0, 0.1) is 18.6 Å². The van der Waals surface area contributed by atoms with E-state index in [-0.39, 0.29) is 31.0 Å². The number of benzene rings is 2. The molecule has 0 aliphatic carbocycles. The van der Waals surface area contributed by atoms with Gasteiger partial charge in [-0.05, 0) is 37.9 Å². The van der Waals surface area contributed by atoms with Crippen LogP contribution in [0.4, 0.5) is 19.4 Å². The SMILES string of the molecule is Cc1nc2c([nH]1)CCN(C(=O)CCC(COC(=O)Nc1cc3ccccc3cn1)N(C)Cc1cccc(F)c1F)C2. The smallest absolute Gasteiger partial charge is 0.412 e. The van der Waals surface area contributed by atoms with E-state index in [0.717, 1.165) is 34.1 Å². The van der Waals surface area contributed by atoms with Gasteiger partial charge in [0, 0.05) is 54.8 Å². The van der Waals surface area contributed by atoms with Gasteiger partial charge in [0.15, 0.2) is 11.6 Å². The fourth-order valence-corrected chi connectivity index (χ4v) is 5.06. The van der Waals surface area contributed by atoms with Crippen LogP contribution >= 0.6 is 0 Å². The zero-order chi connectivity index (χ0) is 28.9. The number of imidazole rings is 1. The maximum atomic E-state index is 14.4. The highest BCUT2D eigenvalue weighted by atomic mass is 19.2. The van der Waals surface area contributed by atoms with Crippen LogP contribution in [-0.2, 0) is 29.0 Å². The molecule has 2 aromatic carbocycles. The van der Waals surface area contributed by atoms with Crippen molar-refractivity contribution in [2.24, 2.45) is 0 Å². The third kappa shape index (κ3) is 6.86. The van der Waals surface area contributed by atoms with Crippen molar-refractivity contribution in [3.05, 3.63) is 89.1 Å². The first-order valence-electron chi connectivity index (χ1n) is 13.5. The number of amides is 2. The van der Waals surface area contributed by atoms with Crippen molar-refractivity contribution in [3.8, 4) is 0 Å². The van der Waals surface area contributed by atoms with Crippen molar-refractivity contribution in [2.45, 2.75) is 45.3 Å². The lowest BCUT2D eigenvalue weighted by atomic mass is 10.1. The number of halogens is 2. The van der Waals surface area contributed by atoms with E-state index in [9.17, 15) is 18.4 Å². The van der Waals surface area contributed by atoms with Gasteiger partial charge < -0.3 is 14.6 Å². The van der Waals surface area contributed by atoms with E-state index < -0.39 is 23.8 Å². The van der Waals surface area contributed by atoms with Crippen LogP contribution in [0.1, 0.15) is 35.6 Å². The van der Waals surface area contributed by atoms with E-state index in [0.29, 0.717) is 31.7 Å². The number of hydrogen-bond acceptors (Lipinski definition) is 6. The first-order valence-corrected chi connectivity index (χ1v) is 13.5. The molecule has 0 bridgehead atoms. The molecule has 2 amide bonds. The van der Waals surface area contributed by atoms with E-state index >= 15 is 0 Å². The third-order valence-electron chi connectivity index (χ3n) is 7.34. The summed E-state index contributed by atoms with van der Waals surface area (Å²) in [6.07, 6.45) is 2.20. The van der Waals surface area contributed by atoms with Crippen LogP contribution in [0.25, 0.3) is 10.8 Å². The Bertz CT molecular complexity index is 1560. The van der Waals surface area contributed by atoms with Crippen molar-refractivity contribution in [2.75, 3.05) is 25.5 Å². The first kappa shape index (κ1) is 28.2. The topological polar surface area (TPSA) is 103 Å². The number of nitrogens with zero attached hydrogens (tertiary/aromatic N) is 4. The van der Waals surface area contributed by atoms with Gasteiger partial charge in [-0.2, -0.15) is 0 Å². The zero-order valence-corrected chi connectivity index (χ0v) is 23.0. The summed E-state index contributed by atoms with van der Waals surface area (Å²) < 4.78 is 33.7. The summed E-state index contributed by atoms with van der Waals surface area (Å²) in [5.41, 5.74) is 2.10. The Hall–Kier alpha value is -4.38. The zero-order valence-electron chi connectivity index (χ0n) is 23.0. The molecule has 1 aliphatic heterocycles. The molecule has 0 spiro atoms. The molecule has 1 aliphatic rings. The maximum absolute atomic E-state index is 14.4. The average molecular weight is 563 g/mol. The molecular weight excluding hydrogens is 530 g/mol. The van der Waals surface area contributed by atoms with Gasteiger partial charge in [0.05, 0.1) is 12.2 Å². The number of pyridine rings is 1. The van der Waals surface area contributed by atoms with E-state index in [4.69, 9.17) is 4.74 Å². The molecular formula is C30H32F2N6O3. The highest BCUT2D eigenvalue weighted by Crippen LogP contribution is 2.21. The van der Waals surface area contributed by atoms with Gasteiger partial charge in [0.25, 0.3) is 0 Å². The quantitative estimate of drug-likeness (QED) is 0.299. The summed E-state index contributed by atoms with van der Waals surface area (Å²) in [6, 6.07) is 13.0. The highest BCUT2D eigenvalue weighted by Gasteiger charge is 2.26. The van der Waals surface area contributed by atoms with Gasteiger partial charge in [0.2, 0.25) is 5.91 Å². The fourth-order valence-electron chi connectivity index (χ4n) is 5.06. The largest absolute Gasteiger partial charge is 0.448 e. The van der Waals surface area contributed by atoms with Crippen LogP contribution in [0.3, 0.4) is 0 Å². The van der Waals surface area contributed by atoms with Crippen LogP contribution in [0.2, 0.25) is 0 Å². The number of nitrogens with one attached hydrogen (secondary N) is 2. The maximum Gasteiger partial charge on any atom is 0.412 e. The Kier molecular flexibility index (Phi) is 8.53. The Morgan fingerprint density at radius 3 is 2.80 bits per heavy atom. The number of aromatic amines is 1. The lowest BCUT2D eigenvalue weighted by molar-refractivity contribution is -0.132. The van der Waals surface area contributed by atoms with Gasteiger partial charge in [-0.1, -0.05) is 36.4 Å². The van der Waals surface area contributed by atoms with E-state index in [1.165, 1.54) is 12.1 Å². The lowest BCUT2D eigenvalue weighted by Gasteiger charge is -2.30. The number of carbonyl (C=O) groups is 2. The summed E-state index contributed by atoms with van der Waals surface area (Å²) >= 11 is 0. The minimum Gasteiger partial charge on any atom is -0.448 e. The second-order valence-corrected chi connectivity index (χ2v) is 10.3. The van der Waals surface area contributed by atoms with Crippen LogP contribution in [-0.4, -0.2) is 63.0 Å². The molecule has 2 aromatic heterocycles. The molecule has 2 N–H and O–H groups in total. The van der Waals surface area contributed by atoms with Gasteiger partial charge in [-0.25, -0.2) is 23.5 Å². The number of hydrogen-bond donors (Lipinski definition) is 2. The Balaban J connectivity index is 1.23. The first-order chi connectivity index (χ1) is 19.8. The summed E-state index contributed by atoms with van der Waals surface area (Å²) in [6.45, 7) is 2.91. The van der Waals surface area contributed by atoms with Crippen molar-refractivity contribution in [1.82, 2.24) is 24.8 Å². The van der Waals surface area contributed by atoms with Crippen LogP contribution in [0.15, 0.2) is 54.7 Å². The number of H-pyrrole nitrogens is 1. The van der Waals surface area contributed by atoms with E-state index in [1.54, 1.807) is 29.1 Å². The van der Waals surface area contributed by atoms with E-state index in [1.807, 2.05) is 31.2 Å². The van der Waals surface area contributed by atoms with Crippen molar-refractivity contribution in [1.29, 1.82) is 0 Å². The van der Waals surface area contributed by atoms with Crippen molar-refractivity contribution >= 4 is 28.6 Å². The molecule has 9 nitrogen and oxygen atoms in total. The van der Waals surface area contributed by atoms with Crippen molar-refractivity contribution < 1.29 is 23.1 Å². The second-order valence-electron chi connectivity index (χ2n) is 10.3. The second kappa shape index (κ2) is 12.4. The van der Waals surface area contributed by atoms with E-state index in [2.05, 4.69) is 20.3 Å². The van der Waals surface area contributed by atoms with Crippen molar-refractivity contribution in [3.63, 3.8) is 0 Å². The Morgan fingerprint density at radius 2 is 1.98 bits per heavy atom. The van der Waals surface area contributed by atoms with Crippen LogP contribution in [0.5, 0.6) is 0 Å². The average Bonchev–Trinajstić information content (AvgIpc) is 3.34. The summed E-state index contributed by atoms with van der Waals surface area (Å²) in [7, 11) is 1.73. The molecule has 214 valence electrons. The Labute approximate surface area is 236 Å². The minimum atomic E-state index is -0.931. The van der Waals surface area contributed by atoms with Crippen LogP contribution < -0.4 is 5.32 Å². The molecule has 3 heterocycles. The number of likely N-dealkylation sites (N-methyl/N-ethyl adjacent to an activating group) is 1. The number of ether oxygens (including phenoxy) is 1. The number of fused-ring (bicyclic) bond motifs is 2. The Morgan fingerprint density at radius 1 is 1.17 bits per heavy atom. The molecule has 1 atom stereocenters. The molecule has 4 aromatic rings. The van der Waals surface area contributed by atoms with Gasteiger partial charge in [-0.3, -0.25) is 15.0 Å². The lowest BCUT2D eigenvalue weighted by Crippen LogP contribution is -2.40. The molecule has 5 rings (SSSR count). The molecule has 1 unspecified atom stereocenters. The number of rotatable bonds is 9. The van der Waals surface area contributed by atoms with Gasteiger partial charge in [-0.15, -0.1) is 0 Å². The molecule has 0 fully saturated rings. The predicted molar refractivity (Wildman–Crippen MR) is 150 cm³/mol. The number of anilines is 1. The normalized spacial score (nSPS) is 13.7. The molecule has 0 saturated heterocycles. The number of aromatic nitrogens is 3. The fraction of sp³-hybridized carbons (Fsp3) is 0.333. The minimum absolute atomic E-state index is 0.0449. The monoisotopic (exact) mass is 562 g/mol. The van der Waals surface area contributed by atoms with Gasteiger partial charge >= 0.3 is 6.09 Å². The number of carbonyl (C=O) groups excluding carboxylic acids is 2. The molecule has 0 saturated carbocycles. The predicted octanol–water partition coefficient (Wildman–Crippen LogP) is 4.96.